The maximum Gasteiger partial charge on any atom is 0.272 e. The molecule has 5 heteroatoms. The van der Waals surface area contributed by atoms with E-state index in [2.05, 4.69) is 26.1 Å². The molecule has 1 aliphatic rings. The number of piperidine rings is 1. The molecule has 82 valence electrons. The van der Waals surface area contributed by atoms with Gasteiger partial charge < -0.3 is 4.90 Å². The number of carbonyl (C=O) groups excluding carboxylic acids is 1. The van der Waals surface area contributed by atoms with Gasteiger partial charge in [-0.2, -0.15) is 5.10 Å². The molecular formula is C10H14BrN3O. The van der Waals surface area contributed by atoms with Gasteiger partial charge in [0.25, 0.3) is 5.91 Å². The van der Waals surface area contributed by atoms with Gasteiger partial charge in [0, 0.05) is 17.9 Å². The zero-order valence-electron chi connectivity index (χ0n) is 8.66. The Morgan fingerprint density at radius 3 is 3.13 bits per heavy atom. The molecule has 1 atom stereocenters. The smallest absolute Gasteiger partial charge is 0.272 e. The lowest BCUT2D eigenvalue weighted by molar-refractivity contribution is 0.0723. The monoisotopic (exact) mass is 271 g/mol. The minimum absolute atomic E-state index is 0.0640. The van der Waals surface area contributed by atoms with Crippen LogP contribution in [-0.2, 0) is 0 Å². The summed E-state index contributed by atoms with van der Waals surface area (Å²) in [6.45, 7) is 3.53. The molecule has 1 aromatic heterocycles. The minimum atomic E-state index is 0.0640. The summed E-state index contributed by atoms with van der Waals surface area (Å²) in [6.07, 6.45) is 3.89. The first kappa shape index (κ1) is 10.7. The zero-order valence-corrected chi connectivity index (χ0v) is 10.2. The lowest BCUT2D eigenvalue weighted by Crippen LogP contribution is -2.40. The fraction of sp³-hybridized carbons (Fsp3) is 0.600. The van der Waals surface area contributed by atoms with Crippen molar-refractivity contribution >= 4 is 21.8 Å². The van der Waals surface area contributed by atoms with Crippen molar-refractivity contribution in [1.29, 1.82) is 0 Å². The van der Waals surface area contributed by atoms with E-state index in [1.165, 1.54) is 0 Å². The predicted octanol–water partition coefficient (Wildman–Crippen LogP) is 1.72. The van der Waals surface area contributed by atoms with E-state index < -0.39 is 0 Å². The van der Waals surface area contributed by atoms with Crippen LogP contribution in [0.5, 0.6) is 0 Å². The number of nitrogens with one attached hydrogen (secondary N) is 1. The molecule has 0 aromatic carbocycles. The van der Waals surface area contributed by atoms with E-state index in [1.54, 1.807) is 6.20 Å². The molecule has 2 heterocycles. The Bertz CT molecular complexity index is 363. The number of hydrogen-bond donors (Lipinski definition) is 1. The van der Waals surface area contributed by atoms with E-state index in [4.69, 9.17) is 0 Å². The highest BCUT2D eigenvalue weighted by molar-refractivity contribution is 9.09. The fourth-order valence-corrected chi connectivity index (χ4v) is 2.50. The van der Waals surface area contributed by atoms with Gasteiger partial charge >= 0.3 is 0 Å². The number of amides is 1. The van der Waals surface area contributed by atoms with Gasteiger partial charge in [-0.05, 0) is 25.3 Å². The van der Waals surface area contributed by atoms with Gasteiger partial charge in [0.15, 0.2) is 0 Å². The molecule has 0 aliphatic carbocycles. The number of rotatable bonds is 1. The molecule has 1 aliphatic heterocycles. The summed E-state index contributed by atoms with van der Waals surface area (Å²) in [5.41, 5.74) is 1.54. The van der Waals surface area contributed by atoms with Crippen LogP contribution in [0.15, 0.2) is 6.20 Å². The van der Waals surface area contributed by atoms with Crippen molar-refractivity contribution in [3.8, 4) is 0 Å². The second-order valence-electron chi connectivity index (χ2n) is 3.92. The highest BCUT2D eigenvalue weighted by Gasteiger charge is 2.24. The van der Waals surface area contributed by atoms with Crippen LogP contribution in [0.4, 0.5) is 0 Å². The molecule has 4 nitrogen and oxygen atoms in total. The van der Waals surface area contributed by atoms with Crippen LogP contribution in [0.2, 0.25) is 0 Å². The van der Waals surface area contributed by atoms with Crippen LogP contribution >= 0.6 is 15.9 Å². The molecule has 1 unspecified atom stereocenters. The maximum absolute atomic E-state index is 12.1. The highest BCUT2D eigenvalue weighted by atomic mass is 79.9. The van der Waals surface area contributed by atoms with Crippen LogP contribution in [0.1, 0.15) is 28.9 Å². The van der Waals surface area contributed by atoms with E-state index in [-0.39, 0.29) is 5.91 Å². The number of H-pyrrole nitrogens is 1. The van der Waals surface area contributed by atoms with Gasteiger partial charge in [0.1, 0.15) is 5.69 Å². The van der Waals surface area contributed by atoms with Gasteiger partial charge in [0.2, 0.25) is 0 Å². The van der Waals surface area contributed by atoms with E-state index in [0.717, 1.165) is 31.5 Å². The summed E-state index contributed by atoms with van der Waals surface area (Å²) in [7, 11) is 0. The van der Waals surface area contributed by atoms with Gasteiger partial charge in [-0.25, -0.2) is 0 Å². The Labute approximate surface area is 97.2 Å². The Morgan fingerprint density at radius 2 is 2.53 bits per heavy atom. The second kappa shape index (κ2) is 4.35. The summed E-state index contributed by atoms with van der Waals surface area (Å²) in [4.78, 5) is 14.4. The summed E-state index contributed by atoms with van der Waals surface area (Å²) in [5.74, 6) is 0.0640. The number of halogens is 1. The van der Waals surface area contributed by atoms with E-state index >= 15 is 0 Å². The summed E-state index contributed by atoms with van der Waals surface area (Å²) in [5, 5.41) is 6.63. The van der Waals surface area contributed by atoms with Crippen LogP contribution in [-0.4, -0.2) is 38.9 Å². The lowest BCUT2D eigenvalue weighted by Gasteiger charge is -2.29. The largest absolute Gasteiger partial charge is 0.336 e. The van der Waals surface area contributed by atoms with Gasteiger partial charge in [-0.1, -0.05) is 15.9 Å². The first-order valence-electron chi connectivity index (χ1n) is 5.12. The van der Waals surface area contributed by atoms with Crippen LogP contribution in [0.25, 0.3) is 0 Å². The van der Waals surface area contributed by atoms with Crippen molar-refractivity contribution in [2.75, 3.05) is 13.1 Å². The molecule has 15 heavy (non-hydrogen) atoms. The summed E-state index contributed by atoms with van der Waals surface area (Å²) < 4.78 is 0. The summed E-state index contributed by atoms with van der Waals surface area (Å²) in [6, 6.07) is 0. The predicted molar refractivity (Wildman–Crippen MR) is 61.2 cm³/mol. The fourth-order valence-electron chi connectivity index (χ4n) is 1.83. The molecule has 0 saturated carbocycles. The molecular weight excluding hydrogens is 258 g/mol. The number of nitrogens with zero attached hydrogens (tertiary/aromatic N) is 2. The van der Waals surface area contributed by atoms with Gasteiger partial charge in [-0.3, -0.25) is 9.89 Å². The number of likely N-dealkylation sites (tertiary alicyclic amines) is 1. The van der Waals surface area contributed by atoms with E-state index in [1.807, 2.05) is 11.8 Å². The van der Waals surface area contributed by atoms with E-state index in [0.29, 0.717) is 10.5 Å². The molecule has 1 saturated heterocycles. The van der Waals surface area contributed by atoms with Gasteiger partial charge in [-0.15, -0.1) is 0 Å². The minimum Gasteiger partial charge on any atom is -0.336 e. The lowest BCUT2D eigenvalue weighted by atomic mass is 10.1. The van der Waals surface area contributed by atoms with Crippen molar-refractivity contribution in [3.05, 3.63) is 17.5 Å². The molecule has 0 radical (unpaired) electrons. The Morgan fingerprint density at radius 1 is 1.73 bits per heavy atom. The molecule has 1 N–H and O–H groups in total. The average Bonchev–Trinajstić information content (AvgIpc) is 2.63. The maximum atomic E-state index is 12.1. The first-order valence-corrected chi connectivity index (χ1v) is 6.03. The number of aromatic nitrogens is 2. The number of aromatic amines is 1. The van der Waals surface area contributed by atoms with Crippen molar-refractivity contribution < 1.29 is 4.79 Å². The molecule has 2 rings (SSSR count). The zero-order chi connectivity index (χ0) is 10.8. The molecule has 0 spiro atoms. The van der Waals surface area contributed by atoms with Crippen molar-refractivity contribution in [2.45, 2.75) is 24.6 Å². The van der Waals surface area contributed by atoms with Gasteiger partial charge in [0.05, 0.1) is 6.20 Å². The Kier molecular flexibility index (Phi) is 3.09. The highest BCUT2D eigenvalue weighted by Crippen LogP contribution is 2.19. The number of hydrogen-bond acceptors (Lipinski definition) is 2. The molecule has 0 bridgehead atoms. The van der Waals surface area contributed by atoms with Crippen molar-refractivity contribution in [2.24, 2.45) is 0 Å². The standard InChI is InChI=1S/C10H14BrN3O/c1-7-5-12-13-9(7)10(15)14-4-2-3-8(11)6-14/h5,8H,2-4,6H2,1H3,(H,12,13). The second-order valence-corrected chi connectivity index (χ2v) is 5.21. The normalized spacial score (nSPS) is 21.7. The third-order valence-corrected chi connectivity index (χ3v) is 3.44. The number of carbonyl (C=O) groups is 1. The third kappa shape index (κ3) is 2.22. The Hall–Kier alpha value is -0.840. The quantitative estimate of drug-likeness (QED) is 0.791. The summed E-state index contributed by atoms with van der Waals surface area (Å²) >= 11 is 3.56. The van der Waals surface area contributed by atoms with Crippen LogP contribution in [0.3, 0.4) is 0 Å². The number of alkyl halides is 1. The Balaban J connectivity index is 2.11. The third-order valence-electron chi connectivity index (χ3n) is 2.69. The topological polar surface area (TPSA) is 49.0 Å². The molecule has 1 fully saturated rings. The first-order chi connectivity index (χ1) is 7.18. The van der Waals surface area contributed by atoms with Crippen LogP contribution in [0, 0.1) is 6.92 Å². The van der Waals surface area contributed by atoms with Crippen molar-refractivity contribution in [3.63, 3.8) is 0 Å². The average molecular weight is 272 g/mol. The number of aryl methyl sites for hydroxylation is 1. The van der Waals surface area contributed by atoms with Crippen LogP contribution < -0.4 is 0 Å². The molecule has 1 amide bonds. The van der Waals surface area contributed by atoms with Crippen molar-refractivity contribution in [1.82, 2.24) is 15.1 Å². The molecule has 1 aromatic rings. The SMILES string of the molecule is Cc1cn[nH]c1C(=O)N1CCCC(Br)C1. The van der Waals surface area contributed by atoms with E-state index in [9.17, 15) is 4.79 Å².